The molecule has 114 valence electrons. The minimum atomic E-state index is -0.0412. The van der Waals surface area contributed by atoms with E-state index in [0.29, 0.717) is 11.3 Å². The molecule has 0 bridgehead atoms. The average Bonchev–Trinajstić information content (AvgIpc) is 2.99. The highest BCUT2D eigenvalue weighted by Gasteiger charge is 2.09. The van der Waals surface area contributed by atoms with Crippen LogP contribution in [0.1, 0.15) is 24.0 Å². The van der Waals surface area contributed by atoms with Crippen LogP contribution < -0.4 is 5.32 Å². The van der Waals surface area contributed by atoms with Gasteiger partial charge in [-0.2, -0.15) is 5.10 Å². The Hall–Kier alpha value is -0.990. The number of hydrogen-bond acceptors (Lipinski definition) is 4. The smallest absolute Gasteiger partial charge is 0.240 e. The van der Waals surface area contributed by atoms with Crippen LogP contribution in [0.3, 0.4) is 0 Å². The van der Waals surface area contributed by atoms with Gasteiger partial charge < -0.3 is 5.32 Å². The van der Waals surface area contributed by atoms with Crippen LogP contribution in [0.2, 0.25) is 0 Å². The highest BCUT2D eigenvalue weighted by molar-refractivity contribution is 9.11. The van der Waals surface area contributed by atoms with Gasteiger partial charge in [-0.1, -0.05) is 6.92 Å². The molecule has 0 fully saturated rings. The number of carbonyl (C=O) groups excluding carboxylic acids is 1. The van der Waals surface area contributed by atoms with Crippen LogP contribution in [-0.4, -0.2) is 27.2 Å². The summed E-state index contributed by atoms with van der Waals surface area (Å²) in [7, 11) is 0. The zero-order valence-corrected chi connectivity index (χ0v) is 14.9. The van der Waals surface area contributed by atoms with Gasteiger partial charge in [0.15, 0.2) is 4.77 Å². The number of amides is 1. The molecule has 5 nitrogen and oxygen atoms in total. The van der Waals surface area contributed by atoms with Gasteiger partial charge in [-0.05, 0) is 53.1 Å². The van der Waals surface area contributed by atoms with Crippen molar-refractivity contribution in [3.8, 4) is 0 Å². The molecule has 0 aliphatic rings. The van der Waals surface area contributed by atoms with Crippen molar-refractivity contribution >= 4 is 45.4 Å². The molecular formula is C13H17BrN4OS2. The number of aryl methyl sites for hydroxylation is 1. The van der Waals surface area contributed by atoms with E-state index >= 15 is 0 Å². The molecule has 8 heteroatoms. The van der Waals surface area contributed by atoms with Gasteiger partial charge in [0.1, 0.15) is 12.4 Å². The topological polar surface area (TPSA) is 62.7 Å². The standard InChI is InChI=1S/C13H17BrN4OS2/c1-2-3-11-16-17-13(20)18(11)8-12(19)15-7-6-9-4-5-10(14)21-9/h4-5H,2-3,6-8H2,1H3,(H,15,19)(H,17,20). The lowest BCUT2D eigenvalue weighted by atomic mass is 10.3. The molecule has 0 aromatic carbocycles. The van der Waals surface area contributed by atoms with Crippen molar-refractivity contribution < 1.29 is 4.79 Å². The van der Waals surface area contributed by atoms with E-state index in [1.165, 1.54) is 4.88 Å². The number of aromatic nitrogens is 3. The maximum atomic E-state index is 12.0. The monoisotopic (exact) mass is 388 g/mol. The molecule has 2 aromatic heterocycles. The molecule has 1 amide bonds. The van der Waals surface area contributed by atoms with Crippen LogP contribution in [0.4, 0.5) is 0 Å². The first-order valence-corrected chi connectivity index (χ1v) is 8.77. The lowest BCUT2D eigenvalue weighted by Crippen LogP contribution is -2.29. The molecule has 0 atom stereocenters. The van der Waals surface area contributed by atoms with Crippen LogP contribution >= 0.6 is 39.5 Å². The van der Waals surface area contributed by atoms with Gasteiger partial charge in [0.25, 0.3) is 0 Å². The average molecular weight is 389 g/mol. The van der Waals surface area contributed by atoms with Crippen molar-refractivity contribution in [1.29, 1.82) is 0 Å². The largest absolute Gasteiger partial charge is 0.354 e. The second-order valence-corrected chi connectivity index (χ2v) is 7.52. The van der Waals surface area contributed by atoms with E-state index in [2.05, 4.69) is 44.4 Å². The van der Waals surface area contributed by atoms with Gasteiger partial charge in [0.2, 0.25) is 5.91 Å². The van der Waals surface area contributed by atoms with Crippen LogP contribution in [0, 0.1) is 4.77 Å². The van der Waals surface area contributed by atoms with Gasteiger partial charge >= 0.3 is 0 Å². The summed E-state index contributed by atoms with van der Waals surface area (Å²) >= 11 is 10.3. The summed E-state index contributed by atoms with van der Waals surface area (Å²) in [5.74, 6) is 0.792. The fraction of sp³-hybridized carbons (Fsp3) is 0.462. The number of thiophene rings is 1. The van der Waals surface area contributed by atoms with E-state index in [1.807, 2.05) is 6.07 Å². The van der Waals surface area contributed by atoms with Crippen molar-refractivity contribution in [3.05, 3.63) is 31.4 Å². The summed E-state index contributed by atoms with van der Waals surface area (Å²) in [6.07, 6.45) is 2.61. The van der Waals surface area contributed by atoms with Crippen LogP contribution in [0.15, 0.2) is 15.9 Å². The van der Waals surface area contributed by atoms with Crippen LogP contribution in [0.25, 0.3) is 0 Å². The Balaban J connectivity index is 1.84. The maximum absolute atomic E-state index is 12.0. The van der Waals surface area contributed by atoms with Crippen LogP contribution in [0.5, 0.6) is 0 Å². The number of nitrogens with zero attached hydrogens (tertiary/aromatic N) is 2. The van der Waals surface area contributed by atoms with Gasteiger partial charge in [-0.3, -0.25) is 14.5 Å². The number of carbonyl (C=O) groups is 1. The first-order valence-electron chi connectivity index (χ1n) is 6.75. The zero-order chi connectivity index (χ0) is 15.2. The normalized spacial score (nSPS) is 10.8. The number of nitrogens with one attached hydrogen (secondary N) is 2. The summed E-state index contributed by atoms with van der Waals surface area (Å²) < 4.78 is 3.36. The third-order valence-corrected chi connectivity index (χ3v) is 4.93. The summed E-state index contributed by atoms with van der Waals surface area (Å²) in [6, 6.07) is 4.08. The molecule has 0 aliphatic heterocycles. The van der Waals surface area contributed by atoms with Crippen molar-refractivity contribution in [2.24, 2.45) is 0 Å². The molecule has 0 saturated heterocycles. The fourth-order valence-electron chi connectivity index (χ4n) is 1.94. The quantitative estimate of drug-likeness (QED) is 0.716. The number of aromatic amines is 1. The number of rotatable bonds is 7. The van der Waals surface area contributed by atoms with Gasteiger partial charge in [0.05, 0.1) is 3.79 Å². The molecule has 0 aliphatic carbocycles. The molecule has 2 rings (SSSR count). The fourth-order valence-corrected chi connectivity index (χ4v) is 3.64. The zero-order valence-electron chi connectivity index (χ0n) is 11.7. The van der Waals surface area contributed by atoms with E-state index in [1.54, 1.807) is 15.9 Å². The Labute approximate surface area is 140 Å². The lowest BCUT2D eigenvalue weighted by Gasteiger charge is -2.07. The Morgan fingerprint density at radius 1 is 1.52 bits per heavy atom. The highest BCUT2D eigenvalue weighted by Crippen LogP contribution is 2.21. The van der Waals surface area contributed by atoms with Crippen molar-refractivity contribution in [2.45, 2.75) is 32.7 Å². The summed E-state index contributed by atoms with van der Waals surface area (Å²) in [6.45, 7) is 2.92. The Morgan fingerprint density at radius 3 is 3.00 bits per heavy atom. The first kappa shape index (κ1) is 16.4. The molecule has 0 spiro atoms. The molecule has 2 heterocycles. The highest BCUT2D eigenvalue weighted by atomic mass is 79.9. The number of hydrogen-bond donors (Lipinski definition) is 2. The second kappa shape index (κ2) is 7.86. The van der Waals surface area contributed by atoms with Crippen molar-refractivity contribution in [1.82, 2.24) is 20.1 Å². The minimum Gasteiger partial charge on any atom is -0.354 e. The molecule has 0 unspecified atom stereocenters. The van der Waals surface area contributed by atoms with E-state index < -0.39 is 0 Å². The van der Waals surface area contributed by atoms with Gasteiger partial charge in [-0.25, -0.2) is 0 Å². The van der Waals surface area contributed by atoms with E-state index in [9.17, 15) is 4.79 Å². The Kier molecular flexibility index (Phi) is 6.13. The third-order valence-electron chi connectivity index (χ3n) is 2.94. The molecule has 2 aromatic rings. The predicted molar refractivity (Wildman–Crippen MR) is 90.1 cm³/mol. The van der Waals surface area contributed by atoms with Crippen molar-refractivity contribution in [2.75, 3.05) is 6.54 Å². The minimum absolute atomic E-state index is 0.0412. The van der Waals surface area contributed by atoms with E-state index in [-0.39, 0.29) is 12.5 Å². The van der Waals surface area contributed by atoms with E-state index in [4.69, 9.17) is 12.2 Å². The van der Waals surface area contributed by atoms with E-state index in [0.717, 1.165) is 28.9 Å². The summed E-state index contributed by atoms with van der Waals surface area (Å²) in [5, 5.41) is 9.81. The molecular weight excluding hydrogens is 372 g/mol. The molecule has 0 radical (unpaired) electrons. The second-order valence-electron chi connectivity index (χ2n) is 4.59. The maximum Gasteiger partial charge on any atom is 0.240 e. The Bertz CT molecular complexity index is 661. The van der Waals surface area contributed by atoms with Gasteiger partial charge in [-0.15, -0.1) is 11.3 Å². The Morgan fingerprint density at radius 2 is 2.33 bits per heavy atom. The molecule has 2 N–H and O–H groups in total. The number of H-pyrrole nitrogens is 1. The van der Waals surface area contributed by atoms with Gasteiger partial charge in [0, 0.05) is 17.8 Å². The number of halogens is 1. The lowest BCUT2D eigenvalue weighted by molar-refractivity contribution is -0.121. The summed E-state index contributed by atoms with van der Waals surface area (Å²) in [5.41, 5.74) is 0. The summed E-state index contributed by atoms with van der Waals surface area (Å²) in [4.78, 5) is 13.2. The third kappa shape index (κ3) is 4.76. The first-order chi connectivity index (χ1) is 10.1. The molecule has 21 heavy (non-hydrogen) atoms. The van der Waals surface area contributed by atoms with Crippen molar-refractivity contribution in [3.63, 3.8) is 0 Å². The molecule has 0 saturated carbocycles. The predicted octanol–water partition coefficient (Wildman–Crippen LogP) is 3.08. The SMILES string of the molecule is CCCc1n[nH]c(=S)n1CC(=O)NCCc1ccc(Br)s1. The van der Waals surface area contributed by atoms with Crippen LogP contribution in [-0.2, 0) is 24.2 Å².